The van der Waals surface area contributed by atoms with Crippen molar-refractivity contribution in [1.82, 2.24) is 10.2 Å². The average molecular weight is 442 g/mol. The molecular weight excluding hydrogens is 418 g/mol. The van der Waals surface area contributed by atoms with Gasteiger partial charge in [0, 0.05) is 12.5 Å². The van der Waals surface area contributed by atoms with Crippen LogP contribution >= 0.6 is 11.3 Å². The molecule has 1 N–H and O–H groups in total. The lowest BCUT2D eigenvalue weighted by Crippen LogP contribution is -2.07. The van der Waals surface area contributed by atoms with Gasteiger partial charge < -0.3 is 18.9 Å². The number of aromatic nitrogens is 2. The van der Waals surface area contributed by atoms with Crippen molar-refractivity contribution >= 4 is 28.5 Å². The minimum absolute atomic E-state index is 0.319. The summed E-state index contributed by atoms with van der Waals surface area (Å²) in [4.78, 5) is 12.3. The zero-order chi connectivity index (χ0) is 22.2. The van der Waals surface area contributed by atoms with E-state index >= 15 is 0 Å². The summed E-state index contributed by atoms with van der Waals surface area (Å²) in [5.41, 5.74) is 1.80. The quantitative estimate of drug-likeness (QED) is 0.505. The summed E-state index contributed by atoms with van der Waals surface area (Å²) in [6.45, 7) is 0. The van der Waals surface area contributed by atoms with Gasteiger partial charge in [-0.25, -0.2) is 0 Å². The first-order valence-electron chi connectivity index (χ1n) is 9.30. The van der Waals surface area contributed by atoms with Crippen LogP contribution in [0.1, 0.15) is 16.1 Å². The van der Waals surface area contributed by atoms with Crippen LogP contribution in [0.15, 0.2) is 42.5 Å². The van der Waals surface area contributed by atoms with Crippen molar-refractivity contribution in [3.8, 4) is 23.0 Å². The lowest BCUT2D eigenvalue weighted by molar-refractivity contribution is -0.111. The fraction of sp³-hybridized carbons (Fsp3) is 0.227. The van der Waals surface area contributed by atoms with Crippen molar-refractivity contribution in [3.05, 3.63) is 58.6 Å². The maximum atomic E-state index is 12.3. The van der Waals surface area contributed by atoms with Crippen LogP contribution in [0, 0.1) is 0 Å². The molecule has 8 nitrogen and oxygen atoms in total. The van der Waals surface area contributed by atoms with Crippen LogP contribution in [0.2, 0.25) is 0 Å². The molecular formula is C22H23N3O5S. The Hall–Kier alpha value is -3.59. The second-order valence-corrected chi connectivity index (χ2v) is 7.37. The summed E-state index contributed by atoms with van der Waals surface area (Å²) < 4.78 is 21.1. The standard InChI is InChI=1S/C22H23N3O5S/c1-27-16-8-5-14(6-9-16)13-20-24-25-22(31-20)23-19(26)10-7-15-11-17(28-2)21(30-4)18(12-15)29-3/h5-12H,13H2,1-4H3,(H,23,25,26). The first-order chi connectivity index (χ1) is 15.1. The highest BCUT2D eigenvalue weighted by molar-refractivity contribution is 7.15. The molecule has 9 heteroatoms. The molecule has 0 saturated carbocycles. The maximum Gasteiger partial charge on any atom is 0.250 e. The summed E-state index contributed by atoms with van der Waals surface area (Å²) in [5, 5.41) is 12.1. The first kappa shape index (κ1) is 22.1. The van der Waals surface area contributed by atoms with Crippen LogP contribution in [0.3, 0.4) is 0 Å². The minimum atomic E-state index is -0.319. The third kappa shape index (κ3) is 5.73. The van der Waals surface area contributed by atoms with Crippen LogP contribution in [-0.4, -0.2) is 44.5 Å². The topological polar surface area (TPSA) is 91.8 Å². The number of carbonyl (C=O) groups is 1. The van der Waals surface area contributed by atoms with Gasteiger partial charge >= 0.3 is 0 Å². The second-order valence-electron chi connectivity index (χ2n) is 6.31. The Morgan fingerprint density at radius 1 is 0.968 bits per heavy atom. The molecule has 1 aromatic heterocycles. The van der Waals surface area contributed by atoms with Crippen molar-refractivity contribution < 1.29 is 23.7 Å². The summed E-state index contributed by atoms with van der Waals surface area (Å²) in [6.07, 6.45) is 3.68. The number of methoxy groups -OCH3 is 4. The SMILES string of the molecule is COc1ccc(Cc2nnc(NC(=O)C=Cc3cc(OC)c(OC)c(OC)c3)s2)cc1. The molecule has 0 atom stereocenters. The summed E-state index contributed by atoms with van der Waals surface area (Å²) in [6, 6.07) is 11.2. The first-order valence-corrected chi connectivity index (χ1v) is 10.1. The van der Waals surface area contributed by atoms with E-state index in [9.17, 15) is 4.79 Å². The number of hydrogen-bond acceptors (Lipinski definition) is 8. The number of nitrogens with one attached hydrogen (secondary N) is 1. The number of hydrogen-bond donors (Lipinski definition) is 1. The van der Waals surface area contributed by atoms with Crippen LogP contribution < -0.4 is 24.3 Å². The normalized spacial score (nSPS) is 10.7. The van der Waals surface area contributed by atoms with Crippen LogP contribution in [0.4, 0.5) is 5.13 Å². The van der Waals surface area contributed by atoms with E-state index in [1.807, 2.05) is 24.3 Å². The van der Waals surface area contributed by atoms with Crippen molar-refractivity contribution in [1.29, 1.82) is 0 Å². The van der Waals surface area contributed by atoms with E-state index < -0.39 is 0 Å². The van der Waals surface area contributed by atoms with Gasteiger partial charge in [-0.15, -0.1) is 10.2 Å². The smallest absolute Gasteiger partial charge is 0.250 e. The van der Waals surface area contributed by atoms with Crippen LogP contribution in [0.25, 0.3) is 6.08 Å². The largest absolute Gasteiger partial charge is 0.497 e. The molecule has 0 fully saturated rings. The molecule has 1 heterocycles. The van der Waals surface area contributed by atoms with Gasteiger partial charge in [-0.3, -0.25) is 10.1 Å². The number of amides is 1. The molecule has 0 aliphatic carbocycles. The molecule has 0 aliphatic heterocycles. The van der Waals surface area contributed by atoms with E-state index in [-0.39, 0.29) is 5.91 Å². The Kier molecular flexibility index (Phi) is 7.45. The van der Waals surface area contributed by atoms with E-state index in [1.54, 1.807) is 25.3 Å². The number of benzene rings is 2. The van der Waals surface area contributed by atoms with Gasteiger partial charge in [0.2, 0.25) is 16.8 Å². The molecule has 31 heavy (non-hydrogen) atoms. The molecule has 1 amide bonds. The molecule has 162 valence electrons. The molecule has 0 radical (unpaired) electrons. The lowest BCUT2D eigenvalue weighted by atomic mass is 10.1. The van der Waals surface area contributed by atoms with Gasteiger partial charge in [-0.05, 0) is 41.5 Å². The van der Waals surface area contributed by atoms with Gasteiger partial charge in [0.25, 0.3) is 0 Å². The molecule has 0 aliphatic rings. The number of anilines is 1. The molecule has 0 spiro atoms. The van der Waals surface area contributed by atoms with Gasteiger partial charge in [0.1, 0.15) is 10.8 Å². The summed E-state index contributed by atoms with van der Waals surface area (Å²) >= 11 is 1.33. The van der Waals surface area contributed by atoms with Crippen molar-refractivity contribution in [2.75, 3.05) is 33.8 Å². The summed E-state index contributed by atoms with van der Waals surface area (Å²) in [5.74, 6) is 1.99. The predicted molar refractivity (Wildman–Crippen MR) is 119 cm³/mol. The van der Waals surface area contributed by atoms with E-state index in [0.717, 1.165) is 21.9 Å². The number of rotatable bonds is 9. The number of ether oxygens (including phenoxy) is 4. The lowest BCUT2D eigenvalue weighted by Gasteiger charge is -2.12. The Bertz CT molecular complexity index is 1040. The molecule has 0 unspecified atom stereocenters. The molecule has 0 bridgehead atoms. The fourth-order valence-corrected chi connectivity index (χ4v) is 3.59. The second kappa shape index (κ2) is 10.4. The van der Waals surface area contributed by atoms with E-state index in [2.05, 4.69) is 15.5 Å². The van der Waals surface area contributed by atoms with E-state index in [0.29, 0.717) is 28.8 Å². The highest BCUT2D eigenvalue weighted by Crippen LogP contribution is 2.38. The molecule has 2 aromatic carbocycles. The number of carbonyl (C=O) groups excluding carboxylic acids is 1. The van der Waals surface area contributed by atoms with E-state index in [1.165, 1.54) is 38.7 Å². The van der Waals surface area contributed by atoms with E-state index in [4.69, 9.17) is 18.9 Å². The zero-order valence-corrected chi connectivity index (χ0v) is 18.5. The third-order valence-corrected chi connectivity index (χ3v) is 5.16. The van der Waals surface area contributed by atoms with Crippen molar-refractivity contribution in [2.45, 2.75) is 6.42 Å². The Morgan fingerprint density at radius 3 is 2.23 bits per heavy atom. The maximum absolute atomic E-state index is 12.3. The molecule has 0 saturated heterocycles. The van der Waals surface area contributed by atoms with Crippen molar-refractivity contribution in [2.24, 2.45) is 0 Å². The highest BCUT2D eigenvalue weighted by Gasteiger charge is 2.12. The van der Waals surface area contributed by atoms with Gasteiger partial charge in [-0.1, -0.05) is 23.5 Å². The monoisotopic (exact) mass is 441 g/mol. The van der Waals surface area contributed by atoms with Gasteiger partial charge in [-0.2, -0.15) is 0 Å². The van der Waals surface area contributed by atoms with Gasteiger partial charge in [0.15, 0.2) is 11.5 Å². The zero-order valence-electron chi connectivity index (χ0n) is 17.7. The third-order valence-electron chi connectivity index (χ3n) is 4.33. The fourth-order valence-electron chi connectivity index (χ4n) is 2.81. The summed E-state index contributed by atoms with van der Waals surface area (Å²) in [7, 11) is 6.24. The van der Waals surface area contributed by atoms with Crippen LogP contribution in [0.5, 0.6) is 23.0 Å². The van der Waals surface area contributed by atoms with Gasteiger partial charge in [0.05, 0.1) is 28.4 Å². The molecule has 3 rings (SSSR count). The predicted octanol–water partition coefficient (Wildman–Crippen LogP) is 3.82. The van der Waals surface area contributed by atoms with Crippen molar-refractivity contribution in [3.63, 3.8) is 0 Å². The Labute approximate surface area is 184 Å². The Morgan fingerprint density at radius 2 is 1.65 bits per heavy atom. The highest BCUT2D eigenvalue weighted by atomic mass is 32.1. The molecule has 3 aromatic rings. The Balaban J connectivity index is 1.64. The minimum Gasteiger partial charge on any atom is -0.497 e. The number of nitrogens with zero attached hydrogens (tertiary/aromatic N) is 2. The van der Waals surface area contributed by atoms with Crippen LogP contribution in [-0.2, 0) is 11.2 Å². The average Bonchev–Trinajstić information content (AvgIpc) is 3.23.